The highest BCUT2D eigenvalue weighted by Gasteiger charge is 2.36. The van der Waals surface area contributed by atoms with Crippen LogP contribution in [0.15, 0.2) is 24.5 Å². The second-order valence-corrected chi connectivity index (χ2v) is 6.19. The van der Waals surface area contributed by atoms with Crippen LogP contribution in [-0.2, 0) is 6.54 Å². The van der Waals surface area contributed by atoms with E-state index >= 15 is 0 Å². The minimum Gasteiger partial charge on any atom is -0.330 e. The normalized spacial score (nSPS) is 24.5. The quantitative estimate of drug-likeness (QED) is 0.889. The fourth-order valence-corrected chi connectivity index (χ4v) is 2.80. The summed E-state index contributed by atoms with van der Waals surface area (Å²) in [5.74, 6) is 0. The summed E-state index contributed by atoms with van der Waals surface area (Å²) >= 11 is 0. The van der Waals surface area contributed by atoms with Crippen molar-refractivity contribution in [3.05, 3.63) is 30.1 Å². The largest absolute Gasteiger partial charge is 0.330 e. The van der Waals surface area contributed by atoms with Gasteiger partial charge in [0.15, 0.2) is 0 Å². The van der Waals surface area contributed by atoms with E-state index in [1.165, 1.54) is 5.56 Å². The van der Waals surface area contributed by atoms with Gasteiger partial charge in [-0.1, -0.05) is 6.07 Å². The molecule has 2 N–H and O–H groups in total. The third-order valence-electron chi connectivity index (χ3n) is 4.23. The summed E-state index contributed by atoms with van der Waals surface area (Å²) in [4.78, 5) is 9.22. The predicted octanol–water partition coefficient (Wildman–Crippen LogP) is 1.33. The Hall–Kier alpha value is -0.970. The lowest BCUT2D eigenvalue weighted by molar-refractivity contribution is -0.00784. The number of hydrogen-bond donors (Lipinski definition) is 1. The summed E-state index contributed by atoms with van der Waals surface area (Å²) in [5.41, 5.74) is 7.27. The third-order valence-corrected chi connectivity index (χ3v) is 4.23. The first-order valence-electron chi connectivity index (χ1n) is 7.07. The molecule has 1 unspecified atom stereocenters. The Labute approximate surface area is 116 Å². The summed E-state index contributed by atoms with van der Waals surface area (Å²) < 4.78 is 0. The van der Waals surface area contributed by atoms with Gasteiger partial charge in [-0.2, -0.15) is 0 Å². The molecule has 0 spiro atoms. The maximum Gasteiger partial charge on any atom is 0.0312 e. The second kappa shape index (κ2) is 5.99. The highest BCUT2D eigenvalue weighted by molar-refractivity contribution is 5.09. The zero-order chi connectivity index (χ0) is 13.9. The Morgan fingerprint density at radius 2 is 2.26 bits per heavy atom. The van der Waals surface area contributed by atoms with Gasteiger partial charge < -0.3 is 5.73 Å². The Morgan fingerprint density at radius 1 is 1.47 bits per heavy atom. The molecule has 1 aromatic rings. The van der Waals surface area contributed by atoms with Crippen LogP contribution in [0.5, 0.6) is 0 Å². The van der Waals surface area contributed by atoms with E-state index in [1.54, 1.807) is 0 Å². The molecule has 0 saturated carbocycles. The molecule has 0 aliphatic carbocycles. The minimum absolute atomic E-state index is 0.216. The van der Waals surface area contributed by atoms with E-state index < -0.39 is 0 Å². The lowest BCUT2D eigenvalue weighted by atomic mass is 9.94. The standard InChI is InChI=1S/C15H26N4/c1-15(2)12-19(10-13-5-4-8-17-9-13)14(6-7-16)11-18(15)3/h4-5,8-9,14H,6-7,10-12,16H2,1-3H3. The van der Waals surface area contributed by atoms with Crippen LogP contribution in [0.4, 0.5) is 0 Å². The molecular weight excluding hydrogens is 236 g/mol. The molecule has 1 saturated heterocycles. The SMILES string of the molecule is CN1CC(CCN)N(Cc2cccnc2)CC1(C)C. The Bertz CT molecular complexity index is 390. The molecule has 4 heteroatoms. The van der Waals surface area contributed by atoms with Crippen LogP contribution in [-0.4, -0.2) is 53.0 Å². The monoisotopic (exact) mass is 262 g/mol. The summed E-state index contributed by atoms with van der Waals surface area (Å²) in [6.45, 7) is 8.50. The zero-order valence-electron chi connectivity index (χ0n) is 12.3. The first kappa shape index (κ1) is 14.4. The van der Waals surface area contributed by atoms with Crippen LogP contribution in [0.3, 0.4) is 0 Å². The minimum atomic E-state index is 0.216. The van der Waals surface area contributed by atoms with Gasteiger partial charge in [-0.3, -0.25) is 14.8 Å². The van der Waals surface area contributed by atoms with Gasteiger partial charge in [0.1, 0.15) is 0 Å². The highest BCUT2D eigenvalue weighted by atomic mass is 15.3. The number of nitrogens with two attached hydrogens (primary N) is 1. The van der Waals surface area contributed by atoms with Crippen molar-refractivity contribution in [2.24, 2.45) is 5.73 Å². The summed E-state index contributed by atoms with van der Waals surface area (Å²) in [7, 11) is 2.21. The average Bonchev–Trinajstić information content (AvgIpc) is 2.37. The number of hydrogen-bond acceptors (Lipinski definition) is 4. The van der Waals surface area contributed by atoms with Crippen molar-refractivity contribution >= 4 is 0 Å². The average molecular weight is 262 g/mol. The lowest BCUT2D eigenvalue weighted by Gasteiger charge is -2.50. The molecule has 1 atom stereocenters. The number of rotatable bonds is 4. The first-order valence-corrected chi connectivity index (χ1v) is 7.07. The number of aromatic nitrogens is 1. The zero-order valence-corrected chi connectivity index (χ0v) is 12.3. The van der Waals surface area contributed by atoms with Crippen molar-refractivity contribution in [3.8, 4) is 0 Å². The van der Waals surface area contributed by atoms with E-state index in [0.717, 1.165) is 32.6 Å². The van der Waals surface area contributed by atoms with Gasteiger partial charge in [0.2, 0.25) is 0 Å². The fourth-order valence-electron chi connectivity index (χ4n) is 2.80. The van der Waals surface area contributed by atoms with E-state index in [1.807, 2.05) is 18.5 Å². The summed E-state index contributed by atoms with van der Waals surface area (Å²) in [6.07, 6.45) is 4.85. The van der Waals surface area contributed by atoms with Crippen molar-refractivity contribution in [2.45, 2.75) is 38.4 Å². The molecule has 106 valence electrons. The first-order chi connectivity index (χ1) is 9.03. The van der Waals surface area contributed by atoms with Crippen LogP contribution < -0.4 is 5.73 Å². The topological polar surface area (TPSA) is 45.4 Å². The fraction of sp³-hybridized carbons (Fsp3) is 0.667. The lowest BCUT2D eigenvalue weighted by Crippen LogP contribution is -2.61. The van der Waals surface area contributed by atoms with Crippen molar-refractivity contribution in [1.82, 2.24) is 14.8 Å². The van der Waals surface area contributed by atoms with E-state index in [9.17, 15) is 0 Å². The number of piperazine rings is 1. The van der Waals surface area contributed by atoms with E-state index in [-0.39, 0.29) is 5.54 Å². The van der Waals surface area contributed by atoms with Crippen LogP contribution in [0, 0.1) is 0 Å². The van der Waals surface area contributed by atoms with Crippen molar-refractivity contribution in [3.63, 3.8) is 0 Å². The van der Waals surface area contributed by atoms with Gasteiger partial charge in [-0.05, 0) is 45.5 Å². The highest BCUT2D eigenvalue weighted by Crippen LogP contribution is 2.25. The van der Waals surface area contributed by atoms with Gasteiger partial charge in [-0.15, -0.1) is 0 Å². The second-order valence-electron chi connectivity index (χ2n) is 6.19. The number of pyridine rings is 1. The molecule has 0 amide bonds. The van der Waals surface area contributed by atoms with Crippen LogP contribution >= 0.6 is 0 Å². The molecular formula is C15H26N4. The molecule has 19 heavy (non-hydrogen) atoms. The Balaban J connectivity index is 2.10. The Kier molecular flexibility index (Phi) is 4.55. The molecule has 1 aliphatic heterocycles. The van der Waals surface area contributed by atoms with Crippen LogP contribution in [0.2, 0.25) is 0 Å². The molecule has 1 aromatic heterocycles. The van der Waals surface area contributed by atoms with Gasteiger partial charge in [0, 0.05) is 43.6 Å². The van der Waals surface area contributed by atoms with Crippen molar-refractivity contribution < 1.29 is 0 Å². The maximum absolute atomic E-state index is 5.77. The summed E-state index contributed by atoms with van der Waals surface area (Å²) in [5, 5.41) is 0. The van der Waals surface area contributed by atoms with Gasteiger partial charge >= 0.3 is 0 Å². The molecule has 2 heterocycles. The van der Waals surface area contributed by atoms with Crippen LogP contribution in [0.1, 0.15) is 25.8 Å². The molecule has 0 aromatic carbocycles. The van der Waals surface area contributed by atoms with Gasteiger partial charge in [0.05, 0.1) is 0 Å². The van der Waals surface area contributed by atoms with E-state index in [4.69, 9.17) is 5.73 Å². The van der Waals surface area contributed by atoms with Gasteiger partial charge in [0.25, 0.3) is 0 Å². The number of likely N-dealkylation sites (N-methyl/N-ethyl adjacent to an activating group) is 1. The van der Waals surface area contributed by atoms with Crippen molar-refractivity contribution in [2.75, 3.05) is 26.7 Å². The molecule has 2 rings (SSSR count). The molecule has 1 aliphatic rings. The number of nitrogens with zero attached hydrogens (tertiary/aromatic N) is 3. The van der Waals surface area contributed by atoms with Crippen LogP contribution in [0.25, 0.3) is 0 Å². The van der Waals surface area contributed by atoms with E-state index in [2.05, 4.69) is 41.7 Å². The molecule has 4 nitrogen and oxygen atoms in total. The predicted molar refractivity (Wildman–Crippen MR) is 78.8 cm³/mol. The third kappa shape index (κ3) is 3.53. The van der Waals surface area contributed by atoms with Gasteiger partial charge in [-0.25, -0.2) is 0 Å². The molecule has 1 fully saturated rings. The Morgan fingerprint density at radius 3 is 2.89 bits per heavy atom. The van der Waals surface area contributed by atoms with E-state index in [0.29, 0.717) is 6.04 Å². The maximum atomic E-state index is 5.77. The molecule has 0 radical (unpaired) electrons. The van der Waals surface area contributed by atoms with Crippen molar-refractivity contribution in [1.29, 1.82) is 0 Å². The molecule has 0 bridgehead atoms. The summed E-state index contributed by atoms with van der Waals surface area (Å²) in [6, 6.07) is 4.70. The smallest absolute Gasteiger partial charge is 0.0312 e.